The predicted octanol–water partition coefficient (Wildman–Crippen LogP) is 3.39. The van der Waals surface area contributed by atoms with Crippen LogP contribution in [0, 0.1) is 0 Å². The van der Waals surface area contributed by atoms with Crippen molar-refractivity contribution >= 4 is 35.2 Å². The van der Waals surface area contributed by atoms with Gasteiger partial charge in [-0.2, -0.15) is 0 Å². The standard InChI is InChI=1S/C17H23ClN2O2S/c1-12(23-15-9-7-13(18)8-10-15)17(22)19-11-16(21)20-14-5-3-2-4-6-14/h7-10,12,14H,2-6,11H2,1H3,(H,19,22)(H,20,21). The van der Waals surface area contributed by atoms with Gasteiger partial charge in [-0.25, -0.2) is 0 Å². The summed E-state index contributed by atoms with van der Waals surface area (Å²) in [7, 11) is 0. The summed E-state index contributed by atoms with van der Waals surface area (Å²) in [6, 6.07) is 7.63. The molecule has 2 N–H and O–H groups in total. The van der Waals surface area contributed by atoms with Gasteiger partial charge in [0.2, 0.25) is 11.8 Å². The van der Waals surface area contributed by atoms with Gasteiger partial charge in [-0.05, 0) is 44.0 Å². The van der Waals surface area contributed by atoms with Crippen LogP contribution >= 0.6 is 23.4 Å². The maximum atomic E-state index is 12.1. The van der Waals surface area contributed by atoms with Crippen molar-refractivity contribution in [2.24, 2.45) is 0 Å². The Balaban J connectivity index is 1.70. The molecule has 2 amide bonds. The van der Waals surface area contributed by atoms with Crippen LogP contribution in [-0.4, -0.2) is 29.7 Å². The van der Waals surface area contributed by atoms with Crippen LogP contribution in [0.3, 0.4) is 0 Å². The molecule has 0 heterocycles. The summed E-state index contributed by atoms with van der Waals surface area (Å²) in [5, 5.41) is 6.11. The molecule has 4 nitrogen and oxygen atoms in total. The Kier molecular flexibility index (Phi) is 7.24. The first-order valence-corrected chi connectivity index (χ1v) is 9.29. The quantitative estimate of drug-likeness (QED) is 0.770. The Hall–Kier alpha value is -1.20. The van der Waals surface area contributed by atoms with Crippen molar-refractivity contribution in [1.82, 2.24) is 10.6 Å². The maximum Gasteiger partial charge on any atom is 0.239 e. The van der Waals surface area contributed by atoms with Crippen molar-refractivity contribution in [3.63, 3.8) is 0 Å². The fourth-order valence-electron chi connectivity index (χ4n) is 2.61. The Labute approximate surface area is 146 Å². The molecule has 1 aromatic carbocycles. The Bertz CT molecular complexity index is 530. The highest BCUT2D eigenvalue weighted by atomic mass is 35.5. The monoisotopic (exact) mass is 354 g/mol. The molecule has 2 rings (SSSR count). The van der Waals surface area contributed by atoms with Crippen molar-refractivity contribution in [3.05, 3.63) is 29.3 Å². The van der Waals surface area contributed by atoms with Crippen LogP contribution in [0.2, 0.25) is 5.02 Å². The van der Waals surface area contributed by atoms with Gasteiger partial charge in [-0.1, -0.05) is 30.9 Å². The zero-order valence-corrected chi connectivity index (χ0v) is 14.9. The second-order valence-corrected chi connectivity index (χ2v) is 7.68. The minimum absolute atomic E-state index is 0.0425. The smallest absolute Gasteiger partial charge is 0.239 e. The molecule has 1 unspecified atom stereocenters. The number of thioether (sulfide) groups is 1. The van der Waals surface area contributed by atoms with Gasteiger partial charge in [0, 0.05) is 16.0 Å². The zero-order valence-electron chi connectivity index (χ0n) is 13.3. The second kappa shape index (κ2) is 9.18. The van der Waals surface area contributed by atoms with Crippen molar-refractivity contribution in [2.75, 3.05) is 6.54 Å². The fourth-order valence-corrected chi connectivity index (χ4v) is 3.63. The van der Waals surface area contributed by atoms with E-state index in [0.717, 1.165) is 17.7 Å². The highest BCUT2D eigenvalue weighted by molar-refractivity contribution is 8.00. The minimum Gasteiger partial charge on any atom is -0.352 e. The highest BCUT2D eigenvalue weighted by Crippen LogP contribution is 2.24. The summed E-state index contributed by atoms with van der Waals surface area (Å²) in [6.07, 6.45) is 5.69. The molecular weight excluding hydrogens is 332 g/mol. The van der Waals surface area contributed by atoms with E-state index in [1.807, 2.05) is 19.1 Å². The normalized spacial score (nSPS) is 16.6. The SMILES string of the molecule is CC(Sc1ccc(Cl)cc1)C(=O)NCC(=O)NC1CCCCC1. The molecule has 0 spiro atoms. The van der Waals surface area contributed by atoms with Crippen LogP contribution in [-0.2, 0) is 9.59 Å². The molecule has 0 saturated heterocycles. The fraction of sp³-hybridized carbons (Fsp3) is 0.529. The summed E-state index contributed by atoms with van der Waals surface area (Å²) < 4.78 is 0. The third kappa shape index (κ3) is 6.43. The van der Waals surface area contributed by atoms with Gasteiger partial charge < -0.3 is 10.6 Å². The van der Waals surface area contributed by atoms with E-state index in [9.17, 15) is 9.59 Å². The lowest BCUT2D eigenvalue weighted by molar-refractivity contribution is -0.126. The molecule has 0 radical (unpaired) electrons. The van der Waals surface area contributed by atoms with Crippen molar-refractivity contribution in [3.8, 4) is 0 Å². The van der Waals surface area contributed by atoms with E-state index in [-0.39, 0.29) is 29.7 Å². The van der Waals surface area contributed by atoms with E-state index in [2.05, 4.69) is 10.6 Å². The number of halogens is 1. The average molecular weight is 355 g/mol. The number of benzene rings is 1. The molecule has 0 aromatic heterocycles. The molecular formula is C17H23ClN2O2S. The van der Waals surface area contributed by atoms with Crippen LogP contribution in [0.15, 0.2) is 29.2 Å². The van der Waals surface area contributed by atoms with Crippen LogP contribution in [0.25, 0.3) is 0 Å². The van der Waals surface area contributed by atoms with E-state index in [4.69, 9.17) is 11.6 Å². The highest BCUT2D eigenvalue weighted by Gasteiger charge is 2.18. The molecule has 1 atom stereocenters. The van der Waals surface area contributed by atoms with Gasteiger partial charge in [0.15, 0.2) is 0 Å². The first-order chi connectivity index (χ1) is 11.0. The molecule has 6 heteroatoms. The zero-order chi connectivity index (χ0) is 16.7. The van der Waals surface area contributed by atoms with E-state index >= 15 is 0 Å². The summed E-state index contributed by atoms with van der Waals surface area (Å²) in [4.78, 5) is 24.9. The van der Waals surface area contributed by atoms with Crippen molar-refractivity contribution in [1.29, 1.82) is 0 Å². The summed E-state index contributed by atoms with van der Waals surface area (Å²) in [5.74, 6) is -0.238. The molecule has 1 aliphatic rings. The third-order valence-electron chi connectivity index (χ3n) is 3.89. The number of carbonyl (C=O) groups excluding carboxylic acids is 2. The Morgan fingerprint density at radius 2 is 1.87 bits per heavy atom. The van der Waals surface area contributed by atoms with Crippen molar-refractivity contribution in [2.45, 2.75) is 55.2 Å². The van der Waals surface area contributed by atoms with Crippen LogP contribution in [0.4, 0.5) is 0 Å². The Morgan fingerprint density at radius 1 is 1.22 bits per heavy atom. The van der Waals surface area contributed by atoms with E-state index in [0.29, 0.717) is 5.02 Å². The van der Waals surface area contributed by atoms with Gasteiger partial charge in [-0.15, -0.1) is 11.8 Å². The molecule has 1 aliphatic carbocycles. The molecule has 126 valence electrons. The van der Waals surface area contributed by atoms with Gasteiger partial charge >= 0.3 is 0 Å². The van der Waals surface area contributed by atoms with Gasteiger partial charge in [0.05, 0.1) is 11.8 Å². The van der Waals surface area contributed by atoms with Crippen LogP contribution < -0.4 is 10.6 Å². The largest absolute Gasteiger partial charge is 0.352 e. The van der Waals surface area contributed by atoms with E-state index in [1.54, 1.807) is 12.1 Å². The number of hydrogen-bond donors (Lipinski definition) is 2. The first kappa shape index (κ1) is 18.1. The average Bonchev–Trinajstić information content (AvgIpc) is 2.55. The minimum atomic E-state index is -0.265. The van der Waals surface area contributed by atoms with E-state index in [1.165, 1.54) is 31.0 Å². The predicted molar refractivity (Wildman–Crippen MR) is 94.8 cm³/mol. The molecule has 1 fully saturated rings. The summed E-state index contributed by atoms with van der Waals surface area (Å²) >= 11 is 7.29. The number of nitrogens with one attached hydrogen (secondary N) is 2. The lowest BCUT2D eigenvalue weighted by Crippen LogP contribution is -2.44. The van der Waals surface area contributed by atoms with Gasteiger partial charge in [0.25, 0.3) is 0 Å². The maximum absolute atomic E-state index is 12.1. The van der Waals surface area contributed by atoms with Gasteiger partial charge in [0.1, 0.15) is 0 Å². The van der Waals surface area contributed by atoms with Crippen molar-refractivity contribution < 1.29 is 9.59 Å². The number of amides is 2. The molecule has 1 aromatic rings. The number of carbonyl (C=O) groups is 2. The van der Waals surface area contributed by atoms with E-state index < -0.39 is 0 Å². The molecule has 0 bridgehead atoms. The molecule has 1 saturated carbocycles. The Morgan fingerprint density at radius 3 is 2.52 bits per heavy atom. The molecule has 0 aliphatic heterocycles. The molecule has 23 heavy (non-hydrogen) atoms. The number of hydrogen-bond acceptors (Lipinski definition) is 3. The summed E-state index contributed by atoms with van der Waals surface area (Å²) in [5.41, 5.74) is 0. The topological polar surface area (TPSA) is 58.2 Å². The lowest BCUT2D eigenvalue weighted by atomic mass is 9.95. The summed E-state index contributed by atoms with van der Waals surface area (Å²) in [6.45, 7) is 1.87. The number of rotatable bonds is 6. The first-order valence-electron chi connectivity index (χ1n) is 8.04. The van der Waals surface area contributed by atoms with Crippen LogP contribution in [0.5, 0.6) is 0 Å². The van der Waals surface area contributed by atoms with Crippen LogP contribution in [0.1, 0.15) is 39.0 Å². The van der Waals surface area contributed by atoms with Gasteiger partial charge in [-0.3, -0.25) is 9.59 Å². The second-order valence-electron chi connectivity index (χ2n) is 5.83. The third-order valence-corrected chi connectivity index (χ3v) is 5.25. The lowest BCUT2D eigenvalue weighted by Gasteiger charge is -2.23.